The van der Waals surface area contributed by atoms with Crippen LogP contribution in [-0.4, -0.2) is 56.2 Å². The third kappa shape index (κ3) is 6.54. The fraction of sp³-hybridized carbons (Fsp3) is 0.846. The second-order valence-electron chi connectivity index (χ2n) is 5.40. The number of esters is 1. The quantitative estimate of drug-likeness (QED) is 0.679. The van der Waals surface area contributed by atoms with Crippen LogP contribution in [0.4, 0.5) is 0 Å². The topological polar surface area (TPSA) is 81.9 Å². The molecule has 0 aliphatic heterocycles. The highest BCUT2D eigenvalue weighted by Gasteiger charge is 2.31. The van der Waals surface area contributed by atoms with Crippen molar-refractivity contribution in [3.05, 3.63) is 0 Å². The summed E-state index contributed by atoms with van der Waals surface area (Å²) in [4.78, 5) is 25.2. The highest BCUT2D eigenvalue weighted by Crippen LogP contribution is 2.19. The minimum atomic E-state index is -0.668. The number of hydrogen-bond donors (Lipinski definition) is 1. The first-order valence-corrected chi connectivity index (χ1v) is 6.43. The van der Waals surface area contributed by atoms with Crippen molar-refractivity contribution in [1.29, 1.82) is 0 Å². The lowest BCUT2D eigenvalue weighted by Gasteiger charge is -2.31. The Labute approximate surface area is 115 Å². The fourth-order valence-corrected chi connectivity index (χ4v) is 1.40. The second kappa shape index (κ2) is 8.12. The Morgan fingerprint density at radius 2 is 1.89 bits per heavy atom. The number of carbonyl (C=O) groups excluding carboxylic acids is 2. The number of nitrogens with zero attached hydrogens (tertiary/aromatic N) is 1. The first kappa shape index (κ1) is 17.9. The highest BCUT2D eigenvalue weighted by molar-refractivity contribution is 5.86. The molecule has 112 valence electrons. The molecule has 0 fully saturated rings. The highest BCUT2D eigenvalue weighted by atomic mass is 16.5. The van der Waals surface area contributed by atoms with Gasteiger partial charge in [0, 0.05) is 13.7 Å². The molecule has 2 N–H and O–H groups in total. The number of carbonyl (C=O) groups is 2. The van der Waals surface area contributed by atoms with Gasteiger partial charge in [-0.2, -0.15) is 0 Å². The van der Waals surface area contributed by atoms with Crippen LogP contribution in [-0.2, 0) is 19.1 Å². The van der Waals surface area contributed by atoms with Gasteiger partial charge < -0.3 is 20.1 Å². The van der Waals surface area contributed by atoms with E-state index in [1.807, 2.05) is 20.8 Å². The van der Waals surface area contributed by atoms with Gasteiger partial charge in [-0.15, -0.1) is 0 Å². The van der Waals surface area contributed by atoms with Crippen molar-refractivity contribution in [1.82, 2.24) is 4.90 Å². The standard InChI is InChI=1S/C13H26N2O4/c1-6-19-10(16)9-15(7-8-18-5)12(17)11(14)13(2,3)4/h11H,6-9,14H2,1-5H3. The van der Waals surface area contributed by atoms with Gasteiger partial charge in [-0.3, -0.25) is 9.59 Å². The molecule has 0 rings (SSSR count). The molecule has 1 amide bonds. The van der Waals surface area contributed by atoms with Gasteiger partial charge in [-0.25, -0.2) is 0 Å². The Hall–Kier alpha value is -1.14. The Morgan fingerprint density at radius 1 is 1.32 bits per heavy atom. The van der Waals surface area contributed by atoms with Crippen LogP contribution in [0.5, 0.6) is 0 Å². The van der Waals surface area contributed by atoms with Crippen LogP contribution in [0.3, 0.4) is 0 Å². The van der Waals surface area contributed by atoms with Crippen LogP contribution >= 0.6 is 0 Å². The number of amides is 1. The van der Waals surface area contributed by atoms with Crippen LogP contribution < -0.4 is 5.73 Å². The average molecular weight is 274 g/mol. The Bertz CT molecular complexity index is 300. The normalized spacial score (nSPS) is 12.9. The first-order valence-electron chi connectivity index (χ1n) is 6.43. The molecule has 0 aromatic rings. The van der Waals surface area contributed by atoms with Gasteiger partial charge in [0.05, 0.1) is 19.3 Å². The van der Waals surface area contributed by atoms with Crippen LogP contribution in [0.1, 0.15) is 27.7 Å². The van der Waals surface area contributed by atoms with Crippen LogP contribution in [0.2, 0.25) is 0 Å². The van der Waals surface area contributed by atoms with Crippen molar-refractivity contribution in [2.24, 2.45) is 11.1 Å². The molecule has 0 aliphatic carbocycles. The van der Waals surface area contributed by atoms with E-state index in [4.69, 9.17) is 15.2 Å². The zero-order valence-corrected chi connectivity index (χ0v) is 12.6. The van der Waals surface area contributed by atoms with E-state index in [1.54, 1.807) is 6.92 Å². The maximum atomic E-state index is 12.3. The van der Waals surface area contributed by atoms with E-state index in [0.29, 0.717) is 13.2 Å². The number of hydrogen-bond acceptors (Lipinski definition) is 5. The number of methoxy groups -OCH3 is 1. The summed E-state index contributed by atoms with van der Waals surface area (Å²) < 4.78 is 9.80. The molecule has 1 unspecified atom stereocenters. The molecule has 1 atom stereocenters. The lowest BCUT2D eigenvalue weighted by Crippen LogP contribution is -2.52. The molecule has 0 spiro atoms. The van der Waals surface area contributed by atoms with Gasteiger partial charge >= 0.3 is 5.97 Å². The van der Waals surface area contributed by atoms with Gasteiger partial charge in [0.15, 0.2) is 0 Å². The average Bonchev–Trinajstić information content (AvgIpc) is 2.31. The van der Waals surface area contributed by atoms with E-state index in [1.165, 1.54) is 12.0 Å². The maximum Gasteiger partial charge on any atom is 0.325 e. The lowest BCUT2D eigenvalue weighted by atomic mass is 9.86. The Kier molecular flexibility index (Phi) is 7.63. The third-order valence-corrected chi connectivity index (χ3v) is 2.70. The minimum Gasteiger partial charge on any atom is -0.465 e. The van der Waals surface area contributed by atoms with E-state index in [-0.39, 0.29) is 24.5 Å². The summed E-state index contributed by atoms with van der Waals surface area (Å²) in [5.74, 6) is -0.703. The van der Waals surface area contributed by atoms with E-state index in [9.17, 15) is 9.59 Å². The van der Waals surface area contributed by atoms with E-state index in [2.05, 4.69) is 0 Å². The fourth-order valence-electron chi connectivity index (χ4n) is 1.40. The molecule has 0 aromatic carbocycles. The first-order chi connectivity index (χ1) is 8.73. The maximum absolute atomic E-state index is 12.3. The molecule has 0 aliphatic rings. The molecular weight excluding hydrogens is 248 g/mol. The largest absolute Gasteiger partial charge is 0.465 e. The Morgan fingerprint density at radius 3 is 2.32 bits per heavy atom. The third-order valence-electron chi connectivity index (χ3n) is 2.70. The SMILES string of the molecule is CCOC(=O)CN(CCOC)C(=O)C(N)C(C)(C)C. The summed E-state index contributed by atoms with van der Waals surface area (Å²) in [5.41, 5.74) is 5.57. The molecule has 6 nitrogen and oxygen atoms in total. The minimum absolute atomic E-state index is 0.0974. The summed E-state index contributed by atoms with van der Waals surface area (Å²) in [6.45, 7) is 8.23. The van der Waals surface area contributed by atoms with Crippen molar-refractivity contribution in [2.45, 2.75) is 33.7 Å². The van der Waals surface area contributed by atoms with Crippen molar-refractivity contribution >= 4 is 11.9 Å². The number of ether oxygens (including phenoxy) is 2. The monoisotopic (exact) mass is 274 g/mol. The van der Waals surface area contributed by atoms with Gasteiger partial charge in [0.25, 0.3) is 0 Å². The van der Waals surface area contributed by atoms with E-state index < -0.39 is 12.0 Å². The molecule has 0 bridgehead atoms. The summed E-state index contributed by atoms with van der Waals surface area (Å²) in [5, 5.41) is 0. The zero-order chi connectivity index (χ0) is 15.1. The Balaban J connectivity index is 4.73. The van der Waals surface area contributed by atoms with Crippen LogP contribution in [0, 0.1) is 5.41 Å². The van der Waals surface area contributed by atoms with Gasteiger partial charge in [0.1, 0.15) is 6.54 Å². The molecule has 0 aromatic heterocycles. The zero-order valence-electron chi connectivity index (χ0n) is 12.6. The summed E-state index contributed by atoms with van der Waals surface area (Å²) >= 11 is 0. The van der Waals surface area contributed by atoms with E-state index in [0.717, 1.165) is 0 Å². The lowest BCUT2D eigenvalue weighted by molar-refractivity contribution is -0.150. The van der Waals surface area contributed by atoms with Crippen molar-refractivity contribution in [3.63, 3.8) is 0 Å². The molecule has 6 heteroatoms. The van der Waals surface area contributed by atoms with E-state index >= 15 is 0 Å². The number of rotatable bonds is 7. The predicted octanol–water partition coefficient (Wildman–Crippen LogP) is 0.398. The van der Waals surface area contributed by atoms with Gasteiger partial charge in [0.2, 0.25) is 5.91 Å². The van der Waals surface area contributed by atoms with Crippen molar-refractivity contribution in [3.8, 4) is 0 Å². The summed E-state index contributed by atoms with van der Waals surface area (Å²) in [7, 11) is 1.54. The van der Waals surface area contributed by atoms with Crippen molar-refractivity contribution < 1.29 is 19.1 Å². The molecular formula is C13H26N2O4. The second-order valence-corrected chi connectivity index (χ2v) is 5.40. The summed E-state index contributed by atoms with van der Waals surface area (Å²) in [6.07, 6.45) is 0. The molecule has 19 heavy (non-hydrogen) atoms. The molecule has 0 radical (unpaired) electrons. The number of nitrogens with two attached hydrogens (primary N) is 1. The molecule has 0 saturated carbocycles. The van der Waals surface area contributed by atoms with Crippen LogP contribution in [0.15, 0.2) is 0 Å². The molecule has 0 heterocycles. The van der Waals surface area contributed by atoms with Gasteiger partial charge in [-0.1, -0.05) is 20.8 Å². The molecule has 0 saturated heterocycles. The van der Waals surface area contributed by atoms with Gasteiger partial charge in [-0.05, 0) is 12.3 Å². The predicted molar refractivity (Wildman–Crippen MR) is 72.5 cm³/mol. The summed E-state index contributed by atoms with van der Waals surface area (Å²) in [6, 6.07) is -0.668. The smallest absolute Gasteiger partial charge is 0.325 e. The van der Waals surface area contributed by atoms with Crippen LogP contribution in [0.25, 0.3) is 0 Å². The van der Waals surface area contributed by atoms with Crippen molar-refractivity contribution in [2.75, 3.05) is 33.4 Å².